The zero-order valence-corrected chi connectivity index (χ0v) is 13.7. The van der Waals surface area contributed by atoms with Gasteiger partial charge in [-0.15, -0.1) is 0 Å². The maximum absolute atomic E-state index is 11.6. The lowest BCUT2D eigenvalue weighted by Crippen LogP contribution is -2.01. The summed E-state index contributed by atoms with van der Waals surface area (Å²) in [5, 5.41) is 0. The molecule has 1 aromatic carbocycles. The zero-order valence-electron chi connectivity index (χ0n) is 12.1. The highest BCUT2D eigenvalue weighted by Gasteiger charge is 2.20. The summed E-state index contributed by atoms with van der Waals surface area (Å²) in [6, 6.07) is 3.65. The lowest BCUT2D eigenvalue weighted by Gasteiger charge is -2.13. The third-order valence-electron chi connectivity index (χ3n) is 2.65. The SMILES string of the molecule is CCOc1cc(/C=C2/N=C(C)OC2=O)cc(Br)c1OCC. The number of ether oxygens (including phenoxy) is 3. The van der Waals surface area contributed by atoms with Crippen LogP contribution in [0.1, 0.15) is 26.3 Å². The number of benzene rings is 1. The number of hydrogen-bond donors (Lipinski definition) is 0. The van der Waals surface area contributed by atoms with Crippen molar-refractivity contribution >= 4 is 33.9 Å². The van der Waals surface area contributed by atoms with Crippen LogP contribution in [-0.2, 0) is 9.53 Å². The normalized spacial score (nSPS) is 15.9. The van der Waals surface area contributed by atoms with Crippen molar-refractivity contribution < 1.29 is 19.0 Å². The van der Waals surface area contributed by atoms with E-state index in [1.165, 1.54) is 0 Å². The Labute approximate surface area is 131 Å². The van der Waals surface area contributed by atoms with Crippen LogP contribution in [0.25, 0.3) is 6.08 Å². The van der Waals surface area contributed by atoms with Crippen LogP contribution in [0.2, 0.25) is 0 Å². The van der Waals surface area contributed by atoms with Gasteiger partial charge >= 0.3 is 5.97 Å². The minimum absolute atomic E-state index is 0.269. The van der Waals surface area contributed by atoms with Crippen LogP contribution < -0.4 is 9.47 Å². The Morgan fingerprint density at radius 2 is 2.00 bits per heavy atom. The van der Waals surface area contributed by atoms with E-state index in [1.54, 1.807) is 13.0 Å². The molecule has 0 saturated carbocycles. The summed E-state index contributed by atoms with van der Waals surface area (Å²) in [4.78, 5) is 15.6. The first-order valence-electron chi connectivity index (χ1n) is 6.63. The van der Waals surface area contributed by atoms with Crippen LogP contribution in [0.3, 0.4) is 0 Å². The van der Waals surface area contributed by atoms with Crippen LogP contribution in [0, 0.1) is 0 Å². The van der Waals surface area contributed by atoms with Crippen molar-refractivity contribution in [3.05, 3.63) is 27.9 Å². The van der Waals surface area contributed by atoms with E-state index < -0.39 is 5.97 Å². The van der Waals surface area contributed by atoms with E-state index in [2.05, 4.69) is 20.9 Å². The molecule has 6 heteroatoms. The van der Waals surface area contributed by atoms with Crippen molar-refractivity contribution in [3.8, 4) is 11.5 Å². The smallest absolute Gasteiger partial charge is 0.363 e. The summed E-state index contributed by atoms with van der Waals surface area (Å²) in [6.07, 6.45) is 1.65. The van der Waals surface area contributed by atoms with Gasteiger partial charge in [0.25, 0.3) is 0 Å². The molecule has 0 aliphatic carbocycles. The predicted molar refractivity (Wildman–Crippen MR) is 83.7 cm³/mol. The van der Waals surface area contributed by atoms with Crippen LogP contribution in [0.4, 0.5) is 0 Å². The minimum Gasteiger partial charge on any atom is -0.490 e. The lowest BCUT2D eigenvalue weighted by atomic mass is 10.1. The Morgan fingerprint density at radius 3 is 2.57 bits per heavy atom. The van der Waals surface area contributed by atoms with Crippen LogP contribution in [0.5, 0.6) is 11.5 Å². The van der Waals surface area contributed by atoms with Gasteiger partial charge in [-0.05, 0) is 53.5 Å². The lowest BCUT2D eigenvalue weighted by molar-refractivity contribution is -0.130. The number of carbonyl (C=O) groups excluding carboxylic acids is 1. The summed E-state index contributed by atoms with van der Waals surface area (Å²) >= 11 is 3.46. The monoisotopic (exact) mass is 353 g/mol. The number of rotatable bonds is 5. The van der Waals surface area contributed by atoms with Crippen molar-refractivity contribution in [3.63, 3.8) is 0 Å². The fourth-order valence-electron chi connectivity index (χ4n) is 1.89. The first kappa shape index (κ1) is 15.6. The Balaban J connectivity index is 2.42. The molecule has 1 aliphatic rings. The molecule has 0 spiro atoms. The van der Waals surface area contributed by atoms with Gasteiger partial charge in [0, 0.05) is 6.92 Å². The summed E-state index contributed by atoms with van der Waals surface area (Å²) < 4.78 is 16.8. The van der Waals surface area contributed by atoms with E-state index in [-0.39, 0.29) is 5.70 Å². The van der Waals surface area contributed by atoms with E-state index in [0.717, 1.165) is 10.0 Å². The van der Waals surface area contributed by atoms with Crippen LogP contribution in [-0.4, -0.2) is 25.1 Å². The average molecular weight is 354 g/mol. The molecule has 0 aromatic heterocycles. The maximum Gasteiger partial charge on any atom is 0.363 e. The van der Waals surface area contributed by atoms with Gasteiger partial charge in [0.2, 0.25) is 0 Å². The van der Waals surface area contributed by atoms with E-state index in [4.69, 9.17) is 14.2 Å². The van der Waals surface area contributed by atoms with Crippen molar-refractivity contribution in [2.75, 3.05) is 13.2 Å². The first-order chi connectivity index (χ1) is 10.0. The molecule has 0 saturated heterocycles. The molecule has 1 aliphatic heterocycles. The van der Waals surface area contributed by atoms with E-state index in [1.807, 2.05) is 26.0 Å². The topological polar surface area (TPSA) is 57.1 Å². The van der Waals surface area contributed by atoms with Crippen molar-refractivity contribution in [2.24, 2.45) is 4.99 Å². The number of hydrogen-bond acceptors (Lipinski definition) is 5. The number of cyclic esters (lactones) is 1. The molecular formula is C15H16BrNO4. The molecule has 2 rings (SSSR count). The molecule has 0 amide bonds. The molecule has 0 fully saturated rings. The molecule has 0 bridgehead atoms. The van der Waals surface area contributed by atoms with Crippen molar-refractivity contribution in [2.45, 2.75) is 20.8 Å². The fourth-order valence-corrected chi connectivity index (χ4v) is 2.47. The number of esters is 1. The number of carbonyl (C=O) groups is 1. The minimum atomic E-state index is -0.449. The second kappa shape index (κ2) is 6.76. The van der Waals surface area contributed by atoms with E-state index in [0.29, 0.717) is 30.6 Å². The molecule has 0 atom stereocenters. The Kier molecular flexibility index (Phi) is 5.01. The molecule has 0 N–H and O–H groups in total. The molecule has 1 heterocycles. The van der Waals surface area contributed by atoms with Gasteiger partial charge in [-0.1, -0.05) is 0 Å². The maximum atomic E-state index is 11.6. The average Bonchev–Trinajstić information content (AvgIpc) is 2.72. The molecule has 1 aromatic rings. The molecule has 112 valence electrons. The van der Waals surface area contributed by atoms with Gasteiger partial charge in [-0.3, -0.25) is 0 Å². The van der Waals surface area contributed by atoms with Gasteiger partial charge in [-0.25, -0.2) is 9.79 Å². The second-order valence-electron chi connectivity index (χ2n) is 4.25. The largest absolute Gasteiger partial charge is 0.490 e. The van der Waals surface area contributed by atoms with E-state index >= 15 is 0 Å². The van der Waals surface area contributed by atoms with Gasteiger partial charge in [0.05, 0.1) is 17.7 Å². The Morgan fingerprint density at radius 1 is 1.29 bits per heavy atom. The number of aliphatic imine (C=N–C) groups is 1. The molecule has 0 radical (unpaired) electrons. The molecule has 0 unspecified atom stereocenters. The second-order valence-corrected chi connectivity index (χ2v) is 5.10. The summed E-state index contributed by atoms with van der Waals surface area (Å²) in [6.45, 7) is 6.50. The van der Waals surface area contributed by atoms with Crippen molar-refractivity contribution in [1.29, 1.82) is 0 Å². The third-order valence-corrected chi connectivity index (χ3v) is 3.24. The van der Waals surface area contributed by atoms with E-state index in [9.17, 15) is 4.79 Å². The van der Waals surface area contributed by atoms with Gasteiger partial charge in [0.15, 0.2) is 23.1 Å². The first-order valence-corrected chi connectivity index (χ1v) is 7.42. The fraction of sp³-hybridized carbons (Fsp3) is 0.333. The number of nitrogens with zero attached hydrogens (tertiary/aromatic N) is 1. The summed E-state index contributed by atoms with van der Waals surface area (Å²) in [5.41, 5.74) is 1.05. The van der Waals surface area contributed by atoms with Crippen molar-refractivity contribution in [1.82, 2.24) is 0 Å². The zero-order chi connectivity index (χ0) is 15.4. The molecule has 21 heavy (non-hydrogen) atoms. The Bertz CT molecular complexity index is 622. The highest BCUT2D eigenvalue weighted by atomic mass is 79.9. The number of halogens is 1. The standard InChI is InChI=1S/C15H16BrNO4/c1-4-19-13-8-10(6-11(16)14(13)20-5-2)7-12-15(18)21-9(3)17-12/h6-8H,4-5H2,1-3H3/b12-7+. The van der Waals surface area contributed by atoms with Gasteiger partial charge in [-0.2, -0.15) is 0 Å². The third kappa shape index (κ3) is 3.64. The summed E-state index contributed by atoms with van der Waals surface area (Å²) in [7, 11) is 0. The van der Waals surface area contributed by atoms with Gasteiger partial charge in [0.1, 0.15) is 0 Å². The quantitative estimate of drug-likeness (QED) is 0.599. The van der Waals surface area contributed by atoms with Gasteiger partial charge < -0.3 is 14.2 Å². The Hall–Kier alpha value is -1.82. The van der Waals surface area contributed by atoms with Crippen LogP contribution >= 0.6 is 15.9 Å². The molecular weight excluding hydrogens is 338 g/mol. The van der Waals surface area contributed by atoms with Crippen LogP contribution in [0.15, 0.2) is 27.3 Å². The summed E-state index contributed by atoms with van der Waals surface area (Å²) in [5.74, 6) is 1.17. The highest BCUT2D eigenvalue weighted by Crippen LogP contribution is 2.37. The molecule has 5 nitrogen and oxygen atoms in total. The predicted octanol–water partition coefficient (Wildman–Crippen LogP) is 3.56. The highest BCUT2D eigenvalue weighted by molar-refractivity contribution is 9.10.